The third kappa shape index (κ3) is 5.81. The summed E-state index contributed by atoms with van der Waals surface area (Å²) in [5.41, 5.74) is 0.508. The van der Waals surface area contributed by atoms with Gasteiger partial charge in [-0.1, -0.05) is 29.3 Å². The third-order valence-electron chi connectivity index (χ3n) is 2.25. The van der Waals surface area contributed by atoms with Crippen molar-refractivity contribution < 1.29 is 4.74 Å². The minimum atomic E-state index is -0.177. The predicted molar refractivity (Wildman–Crippen MR) is 83.8 cm³/mol. The zero-order chi connectivity index (χ0) is 14.5. The van der Waals surface area contributed by atoms with Crippen LogP contribution in [0.2, 0.25) is 10.0 Å². The Kier molecular flexibility index (Phi) is 6.11. The molecule has 5 heteroatoms. The van der Waals surface area contributed by atoms with E-state index in [9.17, 15) is 0 Å². The van der Waals surface area contributed by atoms with Crippen LogP contribution in [0, 0.1) is 0 Å². The smallest absolute Gasteiger partial charge is 0.104 e. The lowest BCUT2D eigenvalue weighted by Crippen LogP contribution is -2.21. The van der Waals surface area contributed by atoms with E-state index >= 15 is 0 Å². The van der Waals surface area contributed by atoms with Gasteiger partial charge in [0.1, 0.15) is 5.84 Å². The van der Waals surface area contributed by atoms with Gasteiger partial charge in [-0.2, -0.15) is 0 Å². The number of hydrogen-bond donors (Lipinski definition) is 1. The number of ether oxygens (including phenoxy) is 1. The molecule has 1 rings (SSSR count). The minimum absolute atomic E-state index is 0.177. The second kappa shape index (κ2) is 7.13. The normalized spacial score (nSPS) is 12.6. The summed E-state index contributed by atoms with van der Waals surface area (Å²) in [6.07, 6.45) is 0.676. The summed E-state index contributed by atoms with van der Waals surface area (Å²) in [7, 11) is 1.66. The molecule has 0 saturated heterocycles. The number of nitrogens with zero attached hydrogens (tertiary/aromatic N) is 1. The van der Waals surface area contributed by atoms with Gasteiger partial charge in [0.15, 0.2) is 0 Å². The van der Waals surface area contributed by atoms with Gasteiger partial charge in [-0.25, -0.2) is 0 Å². The molecule has 1 N–H and O–H groups in total. The Hall–Kier alpha value is -0.770. The summed E-state index contributed by atoms with van der Waals surface area (Å²) in [5, 5.41) is 4.36. The van der Waals surface area contributed by atoms with Crippen LogP contribution in [0.5, 0.6) is 0 Å². The van der Waals surface area contributed by atoms with Gasteiger partial charge in [-0.15, -0.1) is 0 Å². The number of para-hydroxylation sites is 1. The fraction of sp³-hybridized carbons (Fsp3) is 0.500. The number of benzene rings is 1. The molecule has 0 atom stereocenters. The molecule has 1 aromatic carbocycles. The van der Waals surface area contributed by atoms with Gasteiger partial charge < -0.3 is 10.1 Å². The van der Waals surface area contributed by atoms with Crippen LogP contribution in [0.15, 0.2) is 23.2 Å². The van der Waals surface area contributed by atoms with Crippen molar-refractivity contribution >= 4 is 34.7 Å². The maximum absolute atomic E-state index is 6.15. The lowest BCUT2D eigenvalue weighted by atomic mass is 10.1. The Bertz CT molecular complexity index is 433. The number of halogens is 2. The highest BCUT2D eigenvalue weighted by Gasteiger charge is 2.13. The highest BCUT2D eigenvalue weighted by Crippen LogP contribution is 2.30. The fourth-order valence-corrected chi connectivity index (χ4v) is 2.00. The van der Waals surface area contributed by atoms with Crippen molar-refractivity contribution in [3.05, 3.63) is 28.2 Å². The summed E-state index contributed by atoms with van der Waals surface area (Å²) >= 11 is 12.3. The summed E-state index contributed by atoms with van der Waals surface area (Å²) in [6.45, 7) is 6.70. The maximum atomic E-state index is 6.15. The molecule has 19 heavy (non-hydrogen) atoms. The van der Waals surface area contributed by atoms with Crippen LogP contribution >= 0.6 is 23.2 Å². The van der Waals surface area contributed by atoms with E-state index in [1.54, 1.807) is 19.2 Å². The first-order valence-electron chi connectivity index (χ1n) is 6.12. The highest BCUT2D eigenvalue weighted by atomic mass is 35.5. The van der Waals surface area contributed by atoms with Gasteiger partial charge in [0, 0.05) is 13.5 Å². The van der Waals surface area contributed by atoms with Gasteiger partial charge >= 0.3 is 0 Å². The van der Waals surface area contributed by atoms with Crippen LogP contribution in [0.3, 0.4) is 0 Å². The molecule has 0 bridgehead atoms. The Morgan fingerprint density at radius 3 is 2.32 bits per heavy atom. The lowest BCUT2D eigenvalue weighted by Gasteiger charge is -2.18. The molecular formula is C14H20Cl2N2O. The number of aliphatic imine (C=N–C) groups is 1. The number of nitrogens with one attached hydrogen (secondary N) is 1. The van der Waals surface area contributed by atoms with Gasteiger partial charge in [-0.05, 0) is 32.9 Å². The second-order valence-electron chi connectivity index (χ2n) is 5.19. The van der Waals surface area contributed by atoms with Gasteiger partial charge in [-0.3, -0.25) is 4.99 Å². The van der Waals surface area contributed by atoms with Crippen LogP contribution < -0.4 is 5.32 Å². The van der Waals surface area contributed by atoms with E-state index in [0.29, 0.717) is 28.8 Å². The predicted octanol–water partition coefficient (Wildman–Crippen LogP) is 4.64. The van der Waals surface area contributed by atoms with Gasteiger partial charge in [0.2, 0.25) is 0 Å². The Morgan fingerprint density at radius 2 is 1.84 bits per heavy atom. The van der Waals surface area contributed by atoms with Crippen LogP contribution in [0.1, 0.15) is 27.2 Å². The first-order valence-corrected chi connectivity index (χ1v) is 6.88. The highest BCUT2D eigenvalue weighted by molar-refractivity contribution is 6.39. The standard InChI is InChI=1S/C14H20Cl2N2O/c1-14(2,3)18-12(8-9-19-4)17-13-10(15)6-5-7-11(13)16/h5-7H,8-9H2,1-4H3,(H,17,18). The van der Waals surface area contributed by atoms with E-state index in [-0.39, 0.29) is 5.54 Å². The Morgan fingerprint density at radius 1 is 1.26 bits per heavy atom. The maximum Gasteiger partial charge on any atom is 0.104 e. The number of amidine groups is 1. The molecule has 3 nitrogen and oxygen atoms in total. The minimum Gasteiger partial charge on any atom is -0.384 e. The van der Waals surface area contributed by atoms with Gasteiger partial charge in [0.25, 0.3) is 0 Å². The molecule has 0 fully saturated rings. The van der Waals surface area contributed by atoms with E-state index in [2.05, 4.69) is 10.3 Å². The van der Waals surface area contributed by atoms with E-state index in [0.717, 1.165) is 5.84 Å². The molecule has 0 aliphatic rings. The van der Waals surface area contributed by atoms with Crippen molar-refractivity contribution in [2.24, 2.45) is 4.99 Å². The van der Waals surface area contributed by atoms with Crippen molar-refractivity contribution in [1.29, 1.82) is 0 Å². The zero-order valence-corrected chi connectivity index (χ0v) is 13.3. The molecule has 0 unspecified atom stereocenters. The molecule has 0 radical (unpaired) electrons. The molecule has 0 aliphatic carbocycles. The zero-order valence-electron chi connectivity index (χ0n) is 11.8. The third-order valence-corrected chi connectivity index (χ3v) is 2.88. The SMILES string of the molecule is COCCC(=NC(C)(C)C)Nc1c(Cl)cccc1Cl. The summed E-state index contributed by atoms with van der Waals surface area (Å²) in [5.74, 6) is 0.810. The number of rotatable bonds is 4. The van der Waals surface area contributed by atoms with Crippen molar-refractivity contribution in [3.63, 3.8) is 0 Å². The van der Waals surface area contributed by atoms with Crippen molar-refractivity contribution in [1.82, 2.24) is 0 Å². The average Bonchev–Trinajstić information content (AvgIpc) is 2.29. The van der Waals surface area contributed by atoms with E-state index < -0.39 is 0 Å². The van der Waals surface area contributed by atoms with E-state index in [4.69, 9.17) is 27.9 Å². The Balaban J connectivity index is 2.98. The molecule has 106 valence electrons. The van der Waals surface area contributed by atoms with Crippen molar-refractivity contribution in [2.75, 3.05) is 19.0 Å². The van der Waals surface area contributed by atoms with Crippen molar-refractivity contribution in [3.8, 4) is 0 Å². The first kappa shape index (κ1) is 16.3. The molecule has 0 saturated carbocycles. The molecule has 0 spiro atoms. The molecule has 0 aliphatic heterocycles. The quantitative estimate of drug-likeness (QED) is 0.649. The van der Waals surface area contributed by atoms with Crippen molar-refractivity contribution in [2.45, 2.75) is 32.7 Å². The molecule has 0 amide bonds. The summed E-state index contributed by atoms with van der Waals surface area (Å²) < 4.78 is 5.10. The molecule has 0 aromatic heterocycles. The topological polar surface area (TPSA) is 33.6 Å². The second-order valence-corrected chi connectivity index (χ2v) is 6.01. The van der Waals surface area contributed by atoms with E-state index in [1.165, 1.54) is 0 Å². The van der Waals surface area contributed by atoms with E-state index in [1.807, 2.05) is 26.8 Å². The van der Waals surface area contributed by atoms with Crippen LogP contribution in [-0.2, 0) is 4.74 Å². The van der Waals surface area contributed by atoms with Crippen LogP contribution in [-0.4, -0.2) is 25.1 Å². The largest absolute Gasteiger partial charge is 0.384 e. The molecular weight excluding hydrogens is 283 g/mol. The summed E-state index contributed by atoms with van der Waals surface area (Å²) in [6, 6.07) is 5.40. The lowest BCUT2D eigenvalue weighted by molar-refractivity contribution is 0.207. The average molecular weight is 303 g/mol. The first-order chi connectivity index (χ1) is 8.83. The van der Waals surface area contributed by atoms with Gasteiger partial charge in [0.05, 0.1) is 27.9 Å². The van der Waals surface area contributed by atoms with Crippen LogP contribution in [0.25, 0.3) is 0 Å². The molecule has 0 heterocycles. The monoisotopic (exact) mass is 302 g/mol. The number of methoxy groups -OCH3 is 1. The molecule has 1 aromatic rings. The fourth-order valence-electron chi connectivity index (χ4n) is 1.51. The Labute approximate surface area is 125 Å². The van der Waals surface area contributed by atoms with Crippen LogP contribution in [0.4, 0.5) is 5.69 Å². The summed E-state index contributed by atoms with van der Waals surface area (Å²) in [4.78, 5) is 4.63. The number of hydrogen-bond acceptors (Lipinski definition) is 2. The number of anilines is 1.